The maximum Gasteiger partial charge on any atom is 0.328 e. The topological polar surface area (TPSA) is 95.9 Å². The summed E-state index contributed by atoms with van der Waals surface area (Å²) in [7, 11) is 1.27. The number of methoxy groups -OCH3 is 1. The van der Waals surface area contributed by atoms with Crippen molar-refractivity contribution in [2.75, 3.05) is 20.2 Å². The number of carboxylic acids is 1. The second-order valence-corrected chi connectivity index (χ2v) is 5.32. The van der Waals surface area contributed by atoms with Crippen LogP contribution >= 0.6 is 0 Å². The molecular weight excluding hydrogens is 264 g/mol. The number of nitrogens with one attached hydrogen (secondary N) is 1. The van der Waals surface area contributed by atoms with Gasteiger partial charge in [0.2, 0.25) is 0 Å². The first-order valence-electron chi connectivity index (χ1n) is 6.72. The van der Waals surface area contributed by atoms with Crippen molar-refractivity contribution in [2.24, 2.45) is 11.8 Å². The molecule has 0 bridgehead atoms. The zero-order chi connectivity index (χ0) is 15.3. The van der Waals surface area contributed by atoms with Crippen molar-refractivity contribution >= 4 is 18.0 Å². The molecule has 1 fully saturated rings. The van der Waals surface area contributed by atoms with Crippen molar-refractivity contribution in [3.8, 4) is 0 Å². The van der Waals surface area contributed by atoms with Gasteiger partial charge in [-0.25, -0.2) is 9.59 Å². The first-order chi connectivity index (χ1) is 9.36. The molecule has 1 unspecified atom stereocenters. The van der Waals surface area contributed by atoms with E-state index in [4.69, 9.17) is 5.11 Å². The number of ether oxygens (including phenoxy) is 1. The quantitative estimate of drug-likeness (QED) is 0.741. The second-order valence-electron chi connectivity index (χ2n) is 5.32. The third kappa shape index (κ3) is 4.11. The lowest BCUT2D eigenvalue weighted by Gasteiger charge is -2.32. The van der Waals surface area contributed by atoms with E-state index >= 15 is 0 Å². The Bertz CT molecular complexity index is 383. The molecule has 0 aromatic rings. The Morgan fingerprint density at radius 1 is 1.35 bits per heavy atom. The fraction of sp³-hybridized carbons (Fsp3) is 0.769. The summed E-state index contributed by atoms with van der Waals surface area (Å²) >= 11 is 0. The van der Waals surface area contributed by atoms with E-state index < -0.39 is 29.9 Å². The van der Waals surface area contributed by atoms with Crippen molar-refractivity contribution in [3.05, 3.63) is 0 Å². The van der Waals surface area contributed by atoms with Crippen molar-refractivity contribution in [1.82, 2.24) is 10.2 Å². The number of rotatable bonds is 4. The molecule has 0 spiro atoms. The molecule has 1 rings (SSSR count). The Morgan fingerprint density at radius 3 is 2.50 bits per heavy atom. The molecule has 1 saturated heterocycles. The third-order valence-electron chi connectivity index (χ3n) is 3.46. The average Bonchev–Trinajstić information content (AvgIpc) is 2.43. The van der Waals surface area contributed by atoms with Gasteiger partial charge < -0.3 is 20.1 Å². The number of esters is 1. The number of carbonyl (C=O) groups is 3. The van der Waals surface area contributed by atoms with Crippen molar-refractivity contribution in [2.45, 2.75) is 32.7 Å². The largest absolute Gasteiger partial charge is 0.481 e. The number of likely N-dealkylation sites (tertiary alicyclic amines) is 1. The number of nitrogens with zero attached hydrogens (tertiary/aromatic N) is 1. The van der Waals surface area contributed by atoms with Crippen molar-refractivity contribution in [1.29, 1.82) is 0 Å². The lowest BCUT2D eigenvalue weighted by molar-refractivity contribution is -0.145. The predicted molar refractivity (Wildman–Crippen MR) is 71.1 cm³/mol. The van der Waals surface area contributed by atoms with Crippen LogP contribution < -0.4 is 5.32 Å². The molecule has 0 aromatic carbocycles. The van der Waals surface area contributed by atoms with Gasteiger partial charge in [-0.15, -0.1) is 0 Å². The summed E-state index contributed by atoms with van der Waals surface area (Å²) in [6.45, 7) is 4.28. The molecule has 0 saturated carbocycles. The summed E-state index contributed by atoms with van der Waals surface area (Å²) in [5.41, 5.74) is 0. The summed E-state index contributed by atoms with van der Waals surface area (Å²) in [4.78, 5) is 36.1. The highest BCUT2D eigenvalue weighted by Crippen LogP contribution is 2.17. The van der Waals surface area contributed by atoms with Crippen LogP contribution in [0.5, 0.6) is 0 Å². The standard InChI is InChI=1S/C13H22N2O5/c1-8(2)10(12(18)20-3)14-13(19)15-6-4-5-9(7-15)11(16)17/h8-10H,4-7H2,1-3H3,(H,14,19)(H,16,17)/t9-,10?/m1/s1. The van der Waals surface area contributed by atoms with Gasteiger partial charge in [-0.1, -0.05) is 13.8 Å². The van der Waals surface area contributed by atoms with Gasteiger partial charge >= 0.3 is 18.0 Å². The van der Waals surface area contributed by atoms with Crippen molar-refractivity contribution < 1.29 is 24.2 Å². The molecule has 1 aliphatic heterocycles. The Morgan fingerprint density at radius 2 is 2.00 bits per heavy atom. The molecule has 20 heavy (non-hydrogen) atoms. The van der Waals surface area contributed by atoms with Gasteiger partial charge in [-0.05, 0) is 18.8 Å². The monoisotopic (exact) mass is 286 g/mol. The molecule has 2 N–H and O–H groups in total. The van der Waals surface area contributed by atoms with E-state index in [0.717, 1.165) is 0 Å². The van der Waals surface area contributed by atoms with E-state index in [1.54, 1.807) is 13.8 Å². The summed E-state index contributed by atoms with van der Waals surface area (Å²) in [6.07, 6.45) is 1.22. The molecule has 7 heteroatoms. The molecule has 0 radical (unpaired) electrons. The average molecular weight is 286 g/mol. The molecule has 1 heterocycles. The van der Waals surface area contributed by atoms with Gasteiger partial charge in [-0.3, -0.25) is 4.79 Å². The Kier molecular flexibility index (Phi) is 5.79. The maximum absolute atomic E-state index is 12.1. The minimum Gasteiger partial charge on any atom is -0.481 e. The molecule has 7 nitrogen and oxygen atoms in total. The van der Waals surface area contributed by atoms with Gasteiger partial charge in [0, 0.05) is 13.1 Å². The van der Waals surface area contributed by atoms with Crippen LogP contribution in [0.2, 0.25) is 0 Å². The number of amides is 2. The lowest BCUT2D eigenvalue weighted by Crippen LogP contribution is -2.53. The molecule has 0 aromatic heterocycles. The summed E-state index contributed by atoms with van der Waals surface area (Å²) in [5.74, 6) is -2.03. The number of hydrogen-bond donors (Lipinski definition) is 2. The number of urea groups is 1. The second kappa shape index (κ2) is 7.12. The maximum atomic E-state index is 12.1. The van der Waals surface area contributed by atoms with Gasteiger partial charge in [0.05, 0.1) is 13.0 Å². The highest BCUT2D eigenvalue weighted by atomic mass is 16.5. The van der Waals surface area contributed by atoms with E-state index in [0.29, 0.717) is 19.4 Å². The summed E-state index contributed by atoms with van der Waals surface area (Å²) in [6, 6.07) is -1.14. The number of aliphatic carboxylic acids is 1. The predicted octanol–water partition coefficient (Wildman–Crippen LogP) is 0.690. The van der Waals surface area contributed by atoms with Crippen molar-refractivity contribution in [3.63, 3.8) is 0 Å². The minimum absolute atomic E-state index is 0.105. The zero-order valence-electron chi connectivity index (χ0n) is 12.1. The van der Waals surface area contributed by atoms with Crippen LogP contribution in [0.25, 0.3) is 0 Å². The normalized spacial score (nSPS) is 20.4. The number of carbonyl (C=O) groups excluding carboxylic acids is 2. The van der Waals surface area contributed by atoms with E-state index in [2.05, 4.69) is 10.1 Å². The van der Waals surface area contributed by atoms with Crippen LogP contribution in [0.1, 0.15) is 26.7 Å². The Hall–Kier alpha value is -1.79. The Labute approximate surface area is 118 Å². The number of hydrogen-bond acceptors (Lipinski definition) is 4. The third-order valence-corrected chi connectivity index (χ3v) is 3.46. The van der Waals surface area contributed by atoms with E-state index in [9.17, 15) is 14.4 Å². The van der Waals surface area contributed by atoms with Crippen LogP contribution in [0.15, 0.2) is 0 Å². The smallest absolute Gasteiger partial charge is 0.328 e. The zero-order valence-corrected chi connectivity index (χ0v) is 12.1. The first kappa shape index (κ1) is 16.3. The van der Waals surface area contributed by atoms with Gasteiger partial charge in [-0.2, -0.15) is 0 Å². The molecule has 2 atom stereocenters. The van der Waals surface area contributed by atoms with Crippen LogP contribution in [0, 0.1) is 11.8 Å². The summed E-state index contributed by atoms with van der Waals surface area (Å²) in [5, 5.41) is 11.6. The van der Waals surface area contributed by atoms with E-state index in [1.807, 2.05) is 0 Å². The highest BCUT2D eigenvalue weighted by Gasteiger charge is 2.31. The fourth-order valence-electron chi connectivity index (χ4n) is 2.21. The van der Waals surface area contributed by atoms with Crippen LogP contribution in [0.3, 0.4) is 0 Å². The molecule has 0 aliphatic carbocycles. The fourth-order valence-corrected chi connectivity index (χ4v) is 2.21. The summed E-state index contributed by atoms with van der Waals surface area (Å²) < 4.78 is 4.65. The van der Waals surface area contributed by atoms with E-state index in [-0.39, 0.29) is 12.5 Å². The highest BCUT2D eigenvalue weighted by molar-refractivity contribution is 5.84. The SMILES string of the molecule is COC(=O)C(NC(=O)N1CCC[C@@H](C(=O)O)C1)C(C)C. The lowest BCUT2D eigenvalue weighted by atomic mass is 9.98. The first-order valence-corrected chi connectivity index (χ1v) is 6.72. The number of carboxylic acid groups (broad SMARTS) is 1. The molecule has 2 amide bonds. The van der Waals surface area contributed by atoms with Crippen LogP contribution in [0.4, 0.5) is 4.79 Å². The van der Waals surface area contributed by atoms with Gasteiger partial charge in [0.15, 0.2) is 0 Å². The molecule has 114 valence electrons. The van der Waals surface area contributed by atoms with Crippen LogP contribution in [-0.4, -0.2) is 54.2 Å². The molecule has 1 aliphatic rings. The van der Waals surface area contributed by atoms with E-state index in [1.165, 1.54) is 12.0 Å². The van der Waals surface area contributed by atoms with Gasteiger partial charge in [0.25, 0.3) is 0 Å². The number of piperidine rings is 1. The minimum atomic E-state index is -0.893. The van der Waals surface area contributed by atoms with Crippen LogP contribution in [-0.2, 0) is 14.3 Å². The van der Waals surface area contributed by atoms with Gasteiger partial charge in [0.1, 0.15) is 6.04 Å². The molecular formula is C13H22N2O5. The Balaban J connectivity index is 2.64.